The summed E-state index contributed by atoms with van der Waals surface area (Å²) in [5.41, 5.74) is -0.128. The predicted octanol–water partition coefficient (Wildman–Crippen LogP) is 4.74. The summed E-state index contributed by atoms with van der Waals surface area (Å²) in [4.78, 5) is 23.9. The Morgan fingerprint density at radius 1 is 0.773 bits per heavy atom. The molecule has 1 rings (SSSR count). The first kappa shape index (κ1) is 19.9. The van der Waals surface area contributed by atoms with Crippen LogP contribution in [0.15, 0.2) is 24.3 Å². The molecule has 0 N–H and O–H groups in total. The van der Waals surface area contributed by atoms with E-state index in [1.54, 1.807) is 0 Å². The van der Waals surface area contributed by atoms with Crippen LogP contribution in [0.5, 0.6) is 0 Å². The highest BCUT2D eigenvalue weighted by Gasteiger charge is 2.27. The molecule has 0 radical (unpaired) electrons. The number of ether oxygens (including phenoxy) is 2. The quantitative estimate of drug-likeness (QED) is 0.513. The fourth-order valence-electron chi connectivity index (χ4n) is 1.29. The summed E-state index contributed by atoms with van der Waals surface area (Å²) in [6.45, 7) is -0.956. The zero-order chi connectivity index (χ0) is 17.0. The molecular weight excluding hydrogens is 421 g/mol. The third-order valence-corrected chi connectivity index (χ3v) is 2.76. The van der Waals surface area contributed by atoms with Crippen molar-refractivity contribution in [3.05, 3.63) is 35.4 Å². The Balaban J connectivity index is 2.85. The van der Waals surface area contributed by atoms with E-state index in [0.29, 0.717) is 0 Å². The van der Waals surface area contributed by atoms with Crippen LogP contribution in [0.25, 0.3) is 0 Å². The highest BCUT2D eigenvalue weighted by molar-refractivity contribution is 6.68. The number of carbonyl (C=O) groups is 2. The van der Waals surface area contributed by atoms with Crippen molar-refractivity contribution in [2.24, 2.45) is 0 Å². The van der Waals surface area contributed by atoms with Gasteiger partial charge in [-0.1, -0.05) is 81.7 Å². The lowest BCUT2D eigenvalue weighted by atomic mass is 10.1. The Kier molecular flexibility index (Phi) is 7.37. The highest BCUT2D eigenvalue weighted by atomic mass is 35.6. The van der Waals surface area contributed by atoms with Crippen molar-refractivity contribution in [2.75, 3.05) is 13.2 Å². The Bertz CT molecular complexity index is 500. The standard InChI is InChI=1S/C12H8Cl6O4/c13-11(14,15)5-21-9(19)7-3-1-2-4-8(7)10(20)22-6-12(16,17)18/h1-4H,5-6H2. The van der Waals surface area contributed by atoms with Crippen LogP contribution < -0.4 is 0 Å². The average Bonchev–Trinajstić information content (AvgIpc) is 2.40. The van der Waals surface area contributed by atoms with Crippen molar-refractivity contribution >= 4 is 81.5 Å². The molecule has 122 valence electrons. The third kappa shape index (κ3) is 7.44. The molecule has 0 amide bonds. The number of alkyl halides is 6. The molecule has 0 fully saturated rings. The lowest BCUT2D eigenvalue weighted by Crippen LogP contribution is -2.21. The van der Waals surface area contributed by atoms with E-state index in [0.717, 1.165) is 0 Å². The second-order valence-electron chi connectivity index (χ2n) is 3.93. The molecule has 0 atom stereocenters. The largest absolute Gasteiger partial charge is 0.458 e. The van der Waals surface area contributed by atoms with E-state index < -0.39 is 32.7 Å². The molecule has 10 heteroatoms. The van der Waals surface area contributed by atoms with E-state index in [1.807, 2.05) is 0 Å². The van der Waals surface area contributed by atoms with Crippen molar-refractivity contribution < 1.29 is 19.1 Å². The third-order valence-electron chi connectivity index (χ3n) is 2.10. The Hall–Kier alpha value is -0.100. The summed E-state index contributed by atoms with van der Waals surface area (Å²) >= 11 is 32.9. The fourth-order valence-corrected chi connectivity index (χ4v) is 1.62. The lowest BCUT2D eigenvalue weighted by molar-refractivity contribution is 0.0465. The summed E-state index contributed by atoms with van der Waals surface area (Å²) in [5, 5.41) is 0. The molecular formula is C12H8Cl6O4. The van der Waals surface area contributed by atoms with Gasteiger partial charge in [-0.2, -0.15) is 0 Å². The second kappa shape index (κ2) is 8.13. The summed E-state index contributed by atoms with van der Waals surface area (Å²) in [7, 11) is 0. The van der Waals surface area contributed by atoms with E-state index in [1.165, 1.54) is 24.3 Å². The Labute approximate surface area is 156 Å². The number of hydrogen-bond donors (Lipinski definition) is 0. The maximum Gasteiger partial charge on any atom is 0.339 e. The van der Waals surface area contributed by atoms with E-state index in [-0.39, 0.29) is 11.1 Å². The number of hydrogen-bond acceptors (Lipinski definition) is 4. The smallest absolute Gasteiger partial charge is 0.339 e. The van der Waals surface area contributed by atoms with Crippen molar-refractivity contribution in [2.45, 2.75) is 7.59 Å². The summed E-state index contributed by atoms with van der Waals surface area (Å²) < 4.78 is 6.09. The normalized spacial score (nSPS) is 11.9. The van der Waals surface area contributed by atoms with Gasteiger partial charge in [0, 0.05) is 0 Å². The summed E-state index contributed by atoms with van der Waals surface area (Å²) in [5.74, 6) is -1.71. The molecule has 0 saturated heterocycles. The van der Waals surface area contributed by atoms with Gasteiger partial charge in [0.25, 0.3) is 0 Å². The topological polar surface area (TPSA) is 52.6 Å². The van der Waals surface area contributed by atoms with Crippen LogP contribution in [-0.2, 0) is 9.47 Å². The van der Waals surface area contributed by atoms with Gasteiger partial charge in [-0.15, -0.1) is 0 Å². The molecule has 0 aromatic heterocycles. The first-order valence-corrected chi connectivity index (χ1v) is 7.83. The zero-order valence-electron chi connectivity index (χ0n) is 10.6. The maximum absolute atomic E-state index is 11.9. The molecule has 0 heterocycles. The summed E-state index contributed by atoms with van der Waals surface area (Å²) in [6, 6.07) is 5.76. The van der Waals surface area contributed by atoms with Gasteiger partial charge in [0.2, 0.25) is 7.59 Å². The van der Waals surface area contributed by atoms with Gasteiger partial charge < -0.3 is 9.47 Å². The average molecular weight is 429 g/mol. The first-order valence-electron chi connectivity index (χ1n) is 5.56. The number of esters is 2. The van der Waals surface area contributed by atoms with Crippen LogP contribution in [0, 0.1) is 0 Å². The molecule has 0 spiro atoms. The van der Waals surface area contributed by atoms with Crippen LogP contribution in [0.2, 0.25) is 0 Å². The molecule has 1 aromatic carbocycles. The summed E-state index contributed by atoms with van der Waals surface area (Å²) in [6.07, 6.45) is 0. The highest BCUT2D eigenvalue weighted by Crippen LogP contribution is 2.28. The maximum atomic E-state index is 11.9. The predicted molar refractivity (Wildman–Crippen MR) is 87.6 cm³/mol. The second-order valence-corrected chi connectivity index (χ2v) is 8.96. The number of benzene rings is 1. The molecule has 0 bridgehead atoms. The fraction of sp³-hybridized carbons (Fsp3) is 0.333. The number of halogens is 6. The van der Waals surface area contributed by atoms with Crippen molar-refractivity contribution in [1.82, 2.24) is 0 Å². The van der Waals surface area contributed by atoms with E-state index >= 15 is 0 Å². The first-order chi connectivity index (χ1) is 9.99. The van der Waals surface area contributed by atoms with Gasteiger partial charge in [0.1, 0.15) is 13.2 Å². The number of carbonyl (C=O) groups excluding carboxylic acids is 2. The van der Waals surface area contributed by atoms with E-state index in [4.69, 9.17) is 79.1 Å². The van der Waals surface area contributed by atoms with E-state index in [2.05, 4.69) is 0 Å². The zero-order valence-corrected chi connectivity index (χ0v) is 15.2. The molecule has 0 aliphatic rings. The minimum Gasteiger partial charge on any atom is -0.458 e. The van der Waals surface area contributed by atoms with Gasteiger partial charge in [0.05, 0.1) is 11.1 Å². The molecule has 0 saturated carbocycles. The lowest BCUT2D eigenvalue weighted by Gasteiger charge is -2.14. The molecule has 0 unspecified atom stereocenters. The van der Waals surface area contributed by atoms with Crippen molar-refractivity contribution in [3.63, 3.8) is 0 Å². The Morgan fingerprint density at radius 2 is 1.09 bits per heavy atom. The van der Waals surface area contributed by atoms with Crippen LogP contribution in [0.1, 0.15) is 20.7 Å². The molecule has 0 aliphatic heterocycles. The van der Waals surface area contributed by atoms with Crippen LogP contribution >= 0.6 is 69.6 Å². The van der Waals surface area contributed by atoms with Crippen LogP contribution in [0.4, 0.5) is 0 Å². The van der Waals surface area contributed by atoms with Gasteiger partial charge in [-0.25, -0.2) is 9.59 Å². The number of rotatable bonds is 4. The van der Waals surface area contributed by atoms with Crippen molar-refractivity contribution in [3.8, 4) is 0 Å². The Morgan fingerprint density at radius 3 is 1.36 bits per heavy atom. The van der Waals surface area contributed by atoms with Crippen molar-refractivity contribution in [1.29, 1.82) is 0 Å². The monoisotopic (exact) mass is 426 g/mol. The molecule has 22 heavy (non-hydrogen) atoms. The molecule has 4 nitrogen and oxygen atoms in total. The van der Waals surface area contributed by atoms with Gasteiger partial charge in [0.15, 0.2) is 0 Å². The molecule has 1 aromatic rings. The van der Waals surface area contributed by atoms with Gasteiger partial charge in [-0.3, -0.25) is 0 Å². The van der Waals surface area contributed by atoms with Crippen LogP contribution in [-0.4, -0.2) is 32.7 Å². The molecule has 0 aliphatic carbocycles. The van der Waals surface area contributed by atoms with Gasteiger partial charge in [-0.05, 0) is 12.1 Å². The van der Waals surface area contributed by atoms with E-state index in [9.17, 15) is 9.59 Å². The minimum absolute atomic E-state index is 0.0638. The van der Waals surface area contributed by atoms with Gasteiger partial charge >= 0.3 is 11.9 Å². The minimum atomic E-state index is -1.76. The van der Waals surface area contributed by atoms with Crippen LogP contribution in [0.3, 0.4) is 0 Å². The SMILES string of the molecule is O=C(OCC(Cl)(Cl)Cl)c1ccccc1C(=O)OCC(Cl)(Cl)Cl.